The second kappa shape index (κ2) is 7.22. The van der Waals surface area contributed by atoms with Gasteiger partial charge in [-0.15, -0.1) is 0 Å². The summed E-state index contributed by atoms with van der Waals surface area (Å²) in [6.07, 6.45) is 3.51. The Morgan fingerprint density at radius 1 is 1.26 bits per heavy atom. The van der Waals surface area contributed by atoms with Crippen molar-refractivity contribution in [1.82, 2.24) is 0 Å². The van der Waals surface area contributed by atoms with Crippen molar-refractivity contribution < 1.29 is 23.5 Å². The van der Waals surface area contributed by atoms with Crippen molar-refractivity contribution in [3.63, 3.8) is 0 Å². The van der Waals surface area contributed by atoms with Gasteiger partial charge in [-0.3, -0.25) is 0 Å². The molecule has 0 amide bonds. The van der Waals surface area contributed by atoms with E-state index in [2.05, 4.69) is 6.58 Å². The highest BCUT2D eigenvalue weighted by Crippen LogP contribution is 2.21. The molecule has 0 saturated heterocycles. The molecule has 0 aliphatic rings. The summed E-state index contributed by atoms with van der Waals surface area (Å²) >= 11 is 0. The fraction of sp³-hybridized carbons (Fsp3) is 0.118. The topological polar surface area (TPSA) is 82.8 Å². The fourth-order valence-corrected chi connectivity index (χ4v) is 1.79. The normalized spacial score (nSPS) is 10.7. The maximum Gasteiger partial charge on any atom is 0.343 e. The molecule has 2 aromatic rings. The van der Waals surface area contributed by atoms with Crippen molar-refractivity contribution in [2.75, 3.05) is 6.61 Å². The summed E-state index contributed by atoms with van der Waals surface area (Å²) in [7, 11) is 0. The Hall–Kier alpha value is -3.15. The van der Waals surface area contributed by atoms with Crippen LogP contribution in [0.4, 0.5) is 0 Å². The Kier molecular flexibility index (Phi) is 5.09. The number of rotatable bonds is 5. The van der Waals surface area contributed by atoms with Crippen LogP contribution in [0.1, 0.15) is 12.5 Å². The van der Waals surface area contributed by atoms with Gasteiger partial charge in [0.05, 0.1) is 12.2 Å². The van der Waals surface area contributed by atoms with Crippen molar-refractivity contribution >= 4 is 29.0 Å². The minimum Gasteiger partial charge on any atom is -0.463 e. The van der Waals surface area contributed by atoms with E-state index in [1.165, 1.54) is 12.1 Å². The molecule has 0 atom stereocenters. The molecule has 0 aliphatic heterocycles. The molecule has 0 saturated carbocycles. The Morgan fingerprint density at radius 2 is 2.04 bits per heavy atom. The molecule has 6 heteroatoms. The maximum atomic E-state index is 11.9. The van der Waals surface area contributed by atoms with Gasteiger partial charge in [-0.05, 0) is 31.2 Å². The van der Waals surface area contributed by atoms with Gasteiger partial charge in [0.1, 0.15) is 11.3 Å². The predicted octanol–water partition coefficient (Wildman–Crippen LogP) is 2.46. The van der Waals surface area contributed by atoms with Crippen LogP contribution >= 0.6 is 0 Å². The lowest BCUT2D eigenvalue weighted by Crippen LogP contribution is -2.05. The highest BCUT2D eigenvalue weighted by atomic mass is 16.5. The second-order valence-corrected chi connectivity index (χ2v) is 4.40. The van der Waals surface area contributed by atoms with Gasteiger partial charge in [-0.25, -0.2) is 14.4 Å². The molecule has 118 valence electrons. The highest BCUT2D eigenvalue weighted by molar-refractivity contribution is 5.88. The third kappa shape index (κ3) is 4.16. The third-order valence-corrected chi connectivity index (χ3v) is 2.81. The molecule has 0 fully saturated rings. The van der Waals surface area contributed by atoms with Crippen molar-refractivity contribution in [1.29, 1.82) is 0 Å². The quantitative estimate of drug-likeness (QED) is 0.365. The monoisotopic (exact) mass is 314 g/mol. The van der Waals surface area contributed by atoms with E-state index in [0.717, 1.165) is 12.2 Å². The first-order valence-corrected chi connectivity index (χ1v) is 6.80. The van der Waals surface area contributed by atoms with Crippen LogP contribution in [-0.2, 0) is 14.3 Å². The first-order chi connectivity index (χ1) is 11.0. The van der Waals surface area contributed by atoms with Gasteiger partial charge in [-0.1, -0.05) is 6.58 Å². The van der Waals surface area contributed by atoms with Gasteiger partial charge in [0.25, 0.3) is 0 Å². The molecular weight excluding hydrogens is 300 g/mol. The first-order valence-electron chi connectivity index (χ1n) is 6.80. The molecule has 0 bridgehead atoms. The summed E-state index contributed by atoms with van der Waals surface area (Å²) in [5, 5.41) is 0.617. The predicted molar refractivity (Wildman–Crippen MR) is 84.0 cm³/mol. The zero-order valence-corrected chi connectivity index (χ0v) is 12.4. The van der Waals surface area contributed by atoms with Gasteiger partial charge in [-0.2, -0.15) is 0 Å². The summed E-state index contributed by atoms with van der Waals surface area (Å²) < 4.78 is 14.9. The standard InChI is InChI=1S/C17H14O6/c1-3-15(18)22-13-7-5-11-9-12(6-8-16(19)21-4-2)17(20)23-14(11)10-13/h3,5-10H,1,4H2,2H3/b8-6+. The number of hydrogen-bond acceptors (Lipinski definition) is 6. The second-order valence-electron chi connectivity index (χ2n) is 4.40. The van der Waals surface area contributed by atoms with Crippen LogP contribution in [-0.4, -0.2) is 18.5 Å². The maximum absolute atomic E-state index is 11.9. The van der Waals surface area contributed by atoms with Crippen molar-refractivity contribution in [2.24, 2.45) is 0 Å². The van der Waals surface area contributed by atoms with Gasteiger partial charge in [0.2, 0.25) is 0 Å². The van der Waals surface area contributed by atoms with Crippen LogP contribution in [0, 0.1) is 0 Å². The van der Waals surface area contributed by atoms with Crippen LogP contribution in [0.2, 0.25) is 0 Å². The molecule has 1 aromatic heterocycles. The number of carbonyl (C=O) groups is 2. The number of carbonyl (C=O) groups excluding carboxylic acids is 2. The average Bonchev–Trinajstić information content (AvgIpc) is 2.53. The van der Waals surface area contributed by atoms with Crippen molar-refractivity contribution in [2.45, 2.75) is 6.92 Å². The van der Waals surface area contributed by atoms with E-state index in [4.69, 9.17) is 13.9 Å². The Bertz CT molecular complexity index is 844. The molecule has 1 aromatic carbocycles. The van der Waals surface area contributed by atoms with E-state index in [1.54, 1.807) is 25.1 Å². The van der Waals surface area contributed by atoms with Gasteiger partial charge < -0.3 is 13.9 Å². The SMILES string of the molecule is C=CC(=O)Oc1ccc2cc(/C=C/C(=O)OCC)c(=O)oc2c1. The molecule has 0 spiro atoms. The number of esters is 2. The highest BCUT2D eigenvalue weighted by Gasteiger charge is 2.07. The number of benzene rings is 1. The Labute approximate surface area is 131 Å². The van der Waals surface area contributed by atoms with Crippen LogP contribution in [0.5, 0.6) is 5.75 Å². The zero-order chi connectivity index (χ0) is 16.8. The van der Waals surface area contributed by atoms with Crippen LogP contribution in [0.25, 0.3) is 17.0 Å². The largest absolute Gasteiger partial charge is 0.463 e. The van der Waals surface area contributed by atoms with Crippen LogP contribution in [0.3, 0.4) is 0 Å². The Balaban J connectivity index is 2.33. The number of hydrogen-bond donors (Lipinski definition) is 0. The molecule has 23 heavy (non-hydrogen) atoms. The van der Waals surface area contributed by atoms with E-state index in [9.17, 15) is 14.4 Å². The van der Waals surface area contributed by atoms with Gasteiger partial charge in [0, 0.05) is 23.6 Å². The molecule has 2 rings (SSSR count). The summed E-state index contributed by atoms with van der Waals surface area (Å²) in [4.78, 5) is 34.3. The van der Waals surface area contributed by atoms with E-state index in [0.29, 0.717) is 5.39 Å². The molecule has 6 nitrogen and oxygen atoms in total. The van der Waals surface area contributed by atoms with Gasteiger partial charge in [0.15, 0.2) is 0 Å². The Morgan fingerprint density at radius 3 is 2.74 bits per heavy atom. The third-order valence-electron chi connectivity index (χ3n) is 2.81. The van der Waals surface area contributed by atoms with Crippen LogP contribution < -0.4 is 10.4 Å². The lowest BCUT2D eigenvalue weighted by molar-refractivity contribution is -0.137. The number of ether oxygens (including phenoxy) is 2. The molecule has 0 aliphatic carbocycles. The van der Waals surface area contributed by atoms with E-state index in [1.807, 2.05) is 0 Å². The summed E-state index contributed by atoms with van der Waals surface area (Å²) in [5.41, 5.74) is -0.149. The summed E-state index contributed by atoms with van der Waals surface area (Å²) in [6.45, 7) is 5.24. The molecule has 0 unspecified atom stereocenters. The summed E-state index contributed by atoms with van der Waals surface area (Å²) in [6, 6.07) is 6.18. The molecule has 0 radical (unpaired) electrons. The lowest BCUT2D eigenvalue weighted by atomic mass is 10.1. The average molecular weight is 314 g/mol. The minimum atomic E-state index is -0.620. The number of fused-ring (bicyclic) bond motifs is 1. The van der Waals surface area contributed by atoms with Crippen molar-refractivity contribution in [3.8, 4) is 5.75 Å². The van der Waals surface area contributed by atoms with E-state index < -0.39 is 17.6 Å². The first kappa shape index (κ1) is 16.2. The lowest BCUT2D eigenvalue weighted by Gasteiger charge is -2.03. The minimum absolute atomic E-state index is 0.210. The van der Waals surface area contributed by atoms with Gasteiger partial charge >= 0.3 is 17.6 Å². The van der Waals surface area contributed by atoms with Crippen LogP contribution in [0.15, 0.2) is 52.2 Å². The zero-order valence-electron chi connectivity index (χ0n) is 12.4. The summed E-state index contributed by atoms with van der Waals surface area (Å²) in [5.74, 6) is -0.917. The fourth-order valence-electron chi connectivity index (χ4n) is 1.79. The molecule has 1 heterocycles. The molecule has 0 N–H and O–H groups in total. The van der Waals surface area contributed by atoms with E-state index >= 15 is 0 Å². The molecular formula is C17H14O6. The van der Waals surface area contributed by atoms with Crippen molar-refractivity contribution in [3.05, 3.63) is 59.0 Å². The smallest absolute Gasteiger partial charge is 0.343 e. The van der Waals surface area contributed by atoms with E-state index in [-0.39, 0.29) is 23.5 Å².